The number of carbonyl (C=O) groups excluding carboxylic acids is 2. The van der Waals surface area contributed by atoms with Crippen LogP contribution in [-0.4, -0.2) is 92.6 Å². The monoisotopic (exact) mass is 749 g/mol. The number of anilines is 2. The largest absolute Gasteiger partial charge is 0.476 e. The summed E-state index contributed by atoms with van der Waals surface area (Å²) >= 11 is 1.43. The highest BCUT2D eigenvalue weighted by Gasteiger charge is 2.36. The van der Waals surface area contributed by atoms with E-state index in [1.165, 1.54) is 11.3 Å². The van der Waals surface area contributed by atoms with Crippen LogP contribution in [0.3, 0.4) is 0 Å². The van der Waals surface area contributed by atoms with E-state index in [-0.39, 0.29) is 24.1 Å². The van der Waals surface area contributed by atoms with Gasteiger partial charge < -0.3 is 24.4 Å². The van der Waals surface area contributed by atoms with Crippen LogP contribution in [0.2, 0.25) is 0 Å². The fourth-order valence-electron chi connectivity index (χ4n) is 7.89. The quantitative estimate of drug-likeness (QED) is 0.175. The lowest BCUT2D eigenvalue weighted by Gasteiger charge is -2.38. The molecule has 280 valence electrons. The molecule has 13 nitrogen and oxygen atoms in total. The van der Waals surface area contributed by atoms with Crippen molar-refractivity contribution in [3.63, 3.8) is 0 Å². The van der Waals surface area contributed by atoms with Gasteiger partial charge in [-0.2, -0.15) is 5.10 Å². The zero-order chi connectivity index (χ0) is 37.2. The summed E-state index contributed by atoms with van der Waals surface area (Å²) in [7, 11) is 0. The number of fused-ring (bicyclic) bond motifs is 2. The Labute approximate surface area is 316 Å². The second-order valence-corrected chi connectivity index (χ2v) is 15.3. The lowest BCUT2D eigenvalue weighted by atomic mass is 9.84. The molecule has 3 aromatic heterocycles. The lowest BCUT2D eigenvalue weighted by Crippen LogP contribution is -2.46. The van der Waals surface area contributed by atoms with Crippen LogP contribution >= 0.6 is 11.3 Å². The number of hydrogen-bond acceptors (Lipinski definition) is 10. The molecule has 14 heteroatoms. The number of morpholine rings is 1. The Morgan fingerprint density at radius 3 is 2.57 bits per heavy atom. The van der Waals surface area contributed by atoms with E-state index >= 15 is 0 Å². The summed E-state index contributed by atoms with van der Waals surface area (Å²) in [6.45, 7) is 5.65. The predicted molar refractivity (Wildman–Crippen MR) is 205 cm³/mol. The molecular weight excluding hydrogens is 707 g/mol. The number of thiazole rings is 1. The Bertz CT molecular complexity index is 2170. The highest BCUT2D eigenvalue weighted by molar-refractivity contribution is 7.22. The van der Waals surface area contributed by atoms with Gasteiger partial charge in [0, 0.05) is 48.6 Å². The van der Waals surface area contributed by atoms with Crippen LogP contribution in [0.15, 0.2) is 60.8 Å². The maximum atomic E-state index is 13.6. The van der Waals surface area contributed by atoms with E-state index in [2.05, 4.69) is 15.3 Å². The molecule has 2 fully saturated rings. The maximum Gasteiger partial charge on any atom is 0.355 e. The number of carboxylic acids is 1. The minimum atomic E-state index is -1.14. The Morgan fingerprint density at radius 1 is 0.963 bits per heavy atom. The summed E-state index contributed by atoms with van der Waals surface area (Å²) in [4.78, 5) is 52.4. The van der Waals surface area contributed by atoms with Crippen molar-refractivity contribution in [3.8, 4) is 11.1 Å². The van der Waals surface area contributed by atoms with Gasteiger partial charge in [0.2, 0.25) is 5.91 Å². The first-order valence-corrected chi connectivity index (χ1v) is 19.4. The van der Waals surface area contributed by atoms with Crippen molar-refractivity contribution in [1.29, 1.82) is 0 Å². The van der Waals surface area contributed by atoms with E-state index in [0.29, 0.717) is 80.0 Å². The van der Waals surface area contributed by atoms with Gasteiger partial charge in [-0.15, -0.1) is 0 Å². The highest BCUT2D eigenvalue weighted by atomic mass is 32.1. The molecule has 2 N–H and O–H groups in total. The molecule has 0 spiro atoms. The zero-order valence-electron chi connectivity index (χ0n) is 30.3. The molecule has 2 aliphatic heterocycles. The standard InChI is InChI=1S/C40H43N7O6S/c1-26-30(22-41-47(26)25-40(15-5-2-6-16-40)53-24-35(48)45-18-20-52-21-19-45)28-12-13-34(43-36(28)38(50)51)46-17-14-27-8-7-9-29(31(27)23-46)37(49)44-39-42-32-10-3-4-11-33(32)54-39/h3-4,7-13,22H,2,5-6,14-21,23-25H2,1H3,(H,50,51)(H,42,44,49). The molecule has 0 unspecified atom stereocenters. The number of rotatable bonds is 10. The number of para-hydroxylation sites is 1. The first kappa shape index (κ1) is 35.8. The van der Waals surface area contributed by atoms with E-state index in [4.69, 9.17) is 14.6 Å². The molecule has 1 saturated carbocycles. The molecule has 0 radical (unpaired) electrons. The molecule has 2 aromatic carbocycles. The summed E-state index contributed by atoms with van der Waals surface area (Å²) in [6.07, 6.45) is 7.14. The predicted octanol–water partition coefficient (Wildman–Crippen LogP) is 5.95. The smallest absolute Gasteiger partial charge is 0.355 e. The average Bonchev–Trinajstić information content (AvgIpc) is 3.78. The van der Waals surface area contributed by atoms with E-state index in [0.717, 1.165) is 59.1 Å². The van der Waals surface area contributed by atoms with Crippen LogP contribution in [0.5, 0.6) is 0 Å². The molecule has 5 heterocycles. The molecule has 54 heavy (non-hydrogen) atoms. The van der Waals surface area contributed by atoms with Gasteiger partial charge in [0.05, 0.1) is 41.8 Å². The van der Waals surface area contributed by atoms with Crippen molar-refractivity contribution in [2.75, 3.05) is 49.7 Å². The fraction of sp³-hybridized carbons (Fsp3) is 0.400. The molecule has 0 atom stereocenters. The molecular formula is C40H43N7O6S. The topological polar surface area (TPSA) is 152 Å². The first-order valence-electron chi connectivity index (χ1n) is 18.6. The van der Waals surface area contributed by atoms with Crippen LogP contribution in [-0.2, 0) is 33.8 Å². The summed E-state index contributed by atoms with van der Waals surface area (Å²) in [5, 5.41) is 18.6. The molecule has 1 aliphatic carbocycles. The summed E-state index contributed by atoms with van der Waals surface area (Å²) in [6, 6.07) is 17.1. The van der Waals surface area contributed by atoms with Crippen molar-refractivity contribution in [3.05, 3.63) is 88.9 Å². The van der Waals surface area contributed by atoms with Gasteiger partial charge >= 0.3 is 5.97 Å². The number of aromatic carboxylic acids is 1. The Balaban J connectivity index is 1.01. The van der Waals surface area contributed by atoms with Crippen molar-refractivity contribution in [2.45, 2.75) is 64.1 Å². The van der Waals surface area contributed by atoms with Crippen LogP contribution in [0.4, 0.5) is 10.9 Å². The Hall–Kier alpha value is -5.18. The number of hydrogen-bond donors (Lipinski definition) is 2. The third-order valence-electron chi connectivity index (χ3n) is 10.9. The Morgan fingerprint density at radius 2 is 1.78 bits per heavy atom. The number of carboxylic acid groups (broad SMARTS) is 1. The number of aromatic nitrogens is 4. The minimum Gasteiger partial charge on any atom is -0.476 e. The second-order valence-electron chi connectivity index (χ2n) is 14.3. The number of nitrogens with zero attached hydrogens (tertiary/aromatic N) is 6. The maximum absolute atomic E-state index is 13.6. The van der Waals surface area contributed by atoms with Gasteiger partial charge in [0.15, 0.2) is 10.8 Å². The van der Waals surface area contributed by atoms with Crippen molar-refractivity contribution < 1.29 is 29.0 Å². The molecule has 5 aromatic rings. The molecule has 2 amide bonds. The van der Waals surface area contributed by atoms with E-state index < -0.39 is 11.6 Å². The van der Waals surface area contributed by atoms with Crippen molar-refractivity contribution in [1.82, 2.24) is 24.6 Å². The van der Waals surface area contributed by atoms with Crippen LogP contribution in [0.25, 0.3) is 21.3 Å². The van der Waals surface area contributed by atoms with Gasteiger partial charge in [-0.25, -0.2) is 14.8 Å². The van der Waals surface area contributed by atoms with Gasteiger partial charge in [0.1, 0.15) is 12.4 Å². The number of ether oxygens (including phenoxy) is 2. The van der Waals surface area contributed by atoms with Gasteiger partial charge in [0.25, 0.3) is 5.91 Å². The second kappa shape index (κ2) is 15.3. The SMILES string of the molecule is Cc1c(-c2ccc(N3CCc4cccc(C(=O)Nc5nc6ccccc6s5)c4C3)nc2C(=O)O)cnn1CC1(OCC(=O)N2CCOCC2)CCCCC1. The highest BCUT2D eigenvalue weighted by Crippen LogP contribution is 2.36. The van der Waals surface area contributed by atoms with E-state index in [9.17, 15) is 19.5 Å². The van der Waals surface area contributed by atoms with Crippen molar-refractivity contribution >= 4 is 50.3 Å². The van der Waals surface area contributed by atoms with E-state index in [1.807, 2.05) is 65.0 Å². The lowest BCUT2D eigenvalue weighted by molar-refractivity contribution is -0.151. The number of pyridine rings is 1. The van der Waals surface area contributed by atoms with Gasteiger partial charge in [-0.1, -0.05) is 54.9 Å². The summed E-state index contributed by atoms with van der Waals surface area (Å²) < 4.78 is 14.7. The minimum absolute atomic E-state index is 0.0119. The number of amides is 2. The van der Waals surface area contributed by atoms with Crippen LogP contribution in [0.1, 0.15) is 69.8 Å². The number of nitrogens with one attached hydrogen (secondary N) is 1. The van der Waals surface area contributed by atoms with Crippen LogP contribution < -0.4 is 10.2 Å². The summed E-state index contributed by atoms with van der Waals surface area (Å²) in [5.74, 6) is -0.882. The zero-order valence-corrected chi connectivity index (χ0v) is 31.1. The number of carbonyl (C=O) groups is 3. The molecule has 8 rings (SSSR count). The number of benzene rings is 2. The third-order valence-corrected chi connectivity index (χ3v) is 11.9. The van der Waals surface area contributed by atoms with Crippen molar-refractivity contribution in [2.24, 2.45) is 0 Å². The molecule has 1 saturated heterocycles. The third kappa shape index (κ3) is 7.33. The normalized spacial score (nSPS) is 17.0. The Kier molecular flexibility index (Phi) is 10.1. The average molecular weight is 750 g/mol. The van der Waals surface area contributed by atoms with E-state index in [1.54, 1.807) is 17.2 Å². The van der Waals surface area contributed by atoms with Gasteiger partial charge in [-0.05, 0) is 67.6 Å². The summed E-state index contributed by atoms with van der Waals surface area (Å²) in [5.41, 5.74) is 4.70. The molecule has 0 bridgehead atoms. The fourth-order valence-corrected chi connectivity index (χ4v) is 8.75. The van der Waals surface area contributed by atoms with Crippen LogP contribution in [0, 0.1) is 6.92 Å². The molecule has 3 aliphatic rings. The first-order chi connectivity index (χ1) is 26.3. The van der Waals surface area contributed by atoms with Gasteiger partial charge in [-0.3, -0.25) is 19.6 Å².